The molecule has 1 aromatic carbocycles. The predicted molar refractivity (Wildman–Crippen MR) is 98.7 cm³/mol. The smallest absolute Gasteiger partial charge is 0.340 e. The minimum atomic E-state index is -0.405. The summed E-state index contributed by atoms with van der Waals surface area (Å²) in [4.78, 5) is 28.6. The number of ketones is 1. The van der Waals surface area contributed by atoms with Crippen molar-refractivity contribution in [1.82, 2.24) is 4.98 Å². The van der Waals surface area contributed by atoms with Gasteiger partial charge in [-0.1, -0.05) is 0 Å². The van der Waals surface area contributed by atoms with E-state index in [9.17, 15) is 9.59 Å². The Bertz CT molecular complexity index is 843. The maximum absolute atomic E-state index is 12.6. The Kier molecular flexibility index (Phi) is 5.56. The molecule has 1 aromatic heterocycles. The zero-order chi connectivity index (χ0) is 18.7. The van der Waals surface area contributed by atoms with E-state index in [0.29, 0.717) is 48.1 Å². The Morgan fingerprint density at radius 3 is 2.65 bits per heavy atom. The summed E-state index contributed by atoms with van der Waals surface area (Å²) in [5.41, 5.74) is 2.18. The molecule has 0 bridgehead atoms. The van der Waals surface area contributed by atoms with E-state index in [2.05, 4.69) is 4.98 Å². The first-order chi connectivity index (χ1) is 12.5. The molecule has 0 saturated carbocycles. The van der Waals surface area contributed by atoms with E-state index in [4.69, 9.17) is 14.2 Å². The molecule has 138 valence electrons. The van der Waals surface area contributed by atoms with Crippen LogP contribution in [0.5, 0.6) is 11.5 Å². The van der Waals surface area contributed by atoms with Crippen LogP contribution in [0.1, 0.15) is 39.0 Å². The lowest BCUT2D eigenvalue weighted by molar-refractivity contribution is 0.0525. The van der Waals surface area contributed by atoms with Gasteiger partial charge in [0, 0.05) is 10.6 Å². The molecule has 0 amide bonds. The Morgan fingerprint density at radius 2 is 1.92 bits per heavy atom. The fourth-order valence-electron chi connectivity index (χ4n) is 2.87. The number of Topliss-reactive ketones (excluding diaryl/α,β-unsaturated/α-hetero) is 1. The minimum absolute atomic E-state index is 0.0685. The molecule has 0 unspecified atom stereocenters. The largest absolute Gasteiger partial charge is 0.486 e. The first-order valence-electron chi connectivity index (χ1n) is 8.43. The van der Waals surface area contributed by atoms with Crippen LogP contribution in [-0.4, -0.2) is 42.3 Å². The quantitative estimate of drug-likeness (QED) is 0.473. The number of benzene rings is 1. The van der Waals surface area contributed by atoms with Gasteiger partial charge in [0.1, 0.15) is 13.2 Å². The fourth-order valence-corrected chi connectivity index (χ4v) is 3.67. The summed E-state index contributed by atoms with van der Waals surface area (Å²) in [6, 6.07) is 5.63. The van der Waals surface area contributed by atoms with Crippen LogP contribution in [0.15, 0.2) is 23.1 Å². The molecule has 2 heterocycles. The Balaban J connectivity index is 1.71. The number of aromatic amines is 1. The molecular weight excluding hydrogens is 354 g/mol. The number of carbonyl (C=O) groups excluding carboxylic acids is 2. The standard InChI is InChI=1S/C19H21NO5S/c1-4-23-19(22)17-11(2)18(20-12(17)3)14(21)10-26-13-5-6-15-16(9-13)25-8-7-24-15/h5-6,9,20H,4,7-8,10H2,1-3H3. The second kappa shape index (κ2) is 7.86. The van der Waals surface area contributed by atoms with E-state index < -0.39 is 5.97 Å². The molecule has 0 spiro atoms. The lowest BCUT2D eigenvalue weighted by Gasteiger charge is -2.18. The van der Waals surface area contributed by atoms with Crippen LogP contribution in [0.3, 0.4) is 0 Å². The highest BCUT2D eigenvalue weighted by Crippen LogP contribution is 2.34. The van der Waals surface area contributed by atoms with Gasteiger partial charge < -0.3 is 19.2 Å². The van der Waals surface area contributed by atoms with E-state index in [1.54, 1.807) is 20.8 Å². The van der Waals surface area contributed by atoms with Crippen LogP contribution in [-0.2, 0) is 4.74 Å². The number of nitrogens with one attached hydrogen (secondary N) is 1. The monoisotopic (exact) mass is 375 g/mol. The third-order valence-electron chi connectivity index (χ3n) is 4.08. The molecule has 2 aromatic rings. The van der Waals surface area contributed by atoms with Crippen molar-refractivity contribution in [2.75, 3.05) is 25.6 Å². The second-order valence-electron chi connectivity index (χ2n) is 5.86. The van der Waals surface area contributed by atoms with Gasteiger partial charge in [-0.2, -0.15) is 0 Å². The first-order valence-corrected chi connectivity index (χ1v) is 9.41. The molecule has 3 rings (SSSR count). The van der Waals surface area contributed by atoms with Gasteiger partial charge >= 0.3 is 5.97 Å². The number of esters is 1. The maximum atomic E-state index is 12.6. The Labute approximate surface area is 156 Å². The highest BCUT2D eigenvalue weighted by atomic mass is 32.2. The molecule has 26 heavy (non-hydrogen) atoms. The fraction of sp³-hybridized carbons (Fsp3) is 0.368. The summed E-state index contributed by atoms with van der Waals surface area (Å²) in [5, 5.41) is 0. The summed E-state index contributed by atoms with van der Waals surface area (Å²) < 4.78 is 16.1. The van der Waals surface area contributed by atoms with Gasteiger partial charge in [0.25, 0.3) is 0 Å². The molecule has 1 N–H and O–H groups in total. The average molecular weight is 375 g/mol. The van der Waals surface area contributed by atoms with Crippen LogP contribution in [0, 0.1) is 13.8 Å². The van der Waals surface area contributed by atoms with E-state index >= 15 is 0 Å². The van der Waals surface area contributed by atoms with Crippen molar-refractivity contribution in [1.29, 1.82) is 0 Å². The molecule has 1 aliphatic rings. The number of fused-ring (bicyclic) bond motifs is 1. The van der Waals surface area contributed by atoms with Crippen LogP contribution in [0.4, 0.5) is 0 Å². The topological polar surface area (TPSA) is 77.6 Å². The zero-order valence-electron chi connectivity index (χ0n) is 15.0. The van der Waals surface area contributed by atoms with E-state index in [1.165, 1.54) is 11.8 Å². The van der Waals surface area contributed by atoms with Crippen molar-refractivity contribution in [2.45, 2.75) is 25.7 Å². The average Bonchev–Trinajstić information content (AvgIpc) is 2.94. The first kappa shape index (κ1) is 18.4. The van der Waals surface area contributed by atoms with Crippen LogP contribution in [0.2, 0.25) is 0 Å². The number of rotatable bonds is 6. The van der Waals surface area contributed by atoms with Crippen LogP contribution >= 0.6 is 11.8 Å². The van der Waals surface area contributed by atoms with Crippen LogP contribution < -0.4 is 9.47 Å². The highest BCUT2D eigenvalue weighted by Gasteiger charge is 2.23. The summed E-state index contributed by atoms with van der Waals surface area (Å²) in [6.07, 6.45) is 0. The van der Waals surface area contributed by atoms with Gasteiger partial charge in [0.05, 0.1) is 23.6 Å². The van der Waals surface area contributed by atoms with E-state index in [1.807, 2.05) is 18.2 Å². The molecule has 0 radical (unpaired) electrons. The third kappa shape index (κ3) is 3.72. The zero-order valence-corrected chi connectivity index (χ0v) is 15.8. The Morgan fingerprint density at radius 1 is 1.19 bits per heavy atom. The van der Waals surface area contributed by atoms with Crippen molar-refractivity contribution < 1.29 is 23.8 Å². The SMILES string of the molecule is CCOC(=O)c1c(C)[nH]c(C(=O)CSc2ccc3c(c2)OCCO3)c1C. The van der Waals surface area contributed by atoms with Gasteiger partial charge in [-0.3, -0.25) is 4.79 Å². The summed E-state index contributed by atoms with van der Waals surface area (Å²) >= 11 is 1.42. The lowest BCUT2D eigenvalue weighted by atomic mass is 10.1. The third-order valence-corrected chi connectivity index (χ3v) is 5.07. The molecule has 0 saturated heterocycles. The second-order valence-corrected chi connectivity index (χ2v) is 6.91. The normalized spacial score (nSPS) is 12.7. The summed E-state index contributed by atoms with van der Waals surface area (Å²) in [5.74, 6) is 1.20. The van der Waals surface area contributed by atoms with Gasteiger partial charge in [-0.25, -0.2) is 4.79 Å². The number of ether oxygens (including phenoxy) is 3. The molecule has 6 nitrogen and oxygen atoms in total. The Hall–Kier alpha value is -2.41. The molecule has 0 atom stereocenters. The summed E-state index contributed by atoms with van der Waals surface area (Å²) in [7, 11) is 0. The molecule has 7 heteroatoms. The molecular formula is C19H21NO5S. The minimum Gasteiger partial charge on any atom is -0.486 e. The van der Waals surface area contributed by atoms with Crippen molar-refractivity contribution in [2.24, 2.45) is 0 Å². The van der Waals surface area contributed by atoms with Crippen molar-refractivity contribution in [3.05, 3.63) is 40.7 Å². The lowest BCUT2D eigenvalue weighted by Crippen LogP contribution is -2.15. The number of carbonyl (C=O) groups is 2. The summed E-state index contributed by atoms with van der Waals surface area (Å²) in [6.45, 7) is 6.66. The number of hydrogen-bond acceptors (Lipinski definition) is 6. The van der Waals surface area contributed by atoms with Gasteiger partial charge in [0.2, 0.25) is 0 Å². The van der Waals surface area contributed by atoms with Gasteiger partial charge in [-0.05, 0) is 44.5 Å². The van der Waals surface area contributed by atoms with Crippen molar-refractivity contribution in [3.8, 4) is 11.5 Å². The number of aromatic nitrogens is 1. The number of aryl methyl sites for hydroxylation is 1. The van der Waals surface area contributed by atoms with E-state index in [-0.39, 0.29) is 11.5 Å². The van der Waals surface area contributed by atoms with Gasteiger partial charge in [-0.15, -0.1) is 11.8 Å². The van der Waals surface area contributed by atoms with Crippen LogP contribution in [0.25, 0.3) is 0 Å². The number of H-pyrrole nitrogens is 1. The molecule has 1 aliphatic heterocycles. The van der Waals surface area contributed by atoms with E-state index in [0.717, 1.165) is 10.6 Å². The molecule has 0 aliphatic carbocycles. The van der Waals surface area contributed by atoms with Crippen molar-refractivity contribution >= 4 is 23.5 Å². The highest BCUT2D eigenvalue weighted by molar-refractivity contribution is 8.00. The molecule has 0 fully saturated rings. The van der Waals surface area contributed by atoms with Crippen molar-refractivity contribution in [3.63, 3.8) is 0 Å². The predicted octanol–water partition coefficient (Wildman–Crippen LogP) is 3.55. The number of hydrogen-bond donors (Lipinski definition) is 1. The van der Waals surface area contributed by atoms with Gasteiger partial charge in [0.15, 0.2) is 17.3 Å². The number of thioether (sulfide) groups is 1. The maximum Gasteiger partial charge on any atom is 0.340 e.